The third-order valence-electron chi connectivity index (χ3n) is 5.37. The Morgan fingerprint density at radius 1 is 1.08 bits per heavy atom. The Kier molecular flexibility index (Phi) is 4.30. The molecule has 0 bridgehead atoms. The lowest BCUT2D eigenvalue weighted by Gasteiger charge is -2.31. The van der Waals surface area contributed by atoms with E-state index in [1.807, 2.05) is 6.07 Å². The second-order valence-electron chi connectivity index (χ2n) is 6.88. The lowest BCUT2D eigenvalue weighted by atomic mass is 9.95. The van der Waals surface area contributed by atoms with Crippen molar-refractivity contribution in [3.63, 3.8) is 0 Å². The SMILES string of the molecule is O=C(NC1CCc2ccccc21)C1CCN(C(=O)c2ccoc2)CC1. The van der Waals surface area contributed by atoms with Crippen LogP contribution < -0.4 is 5.32 Å². The minimum absolute atomic E-state index is 0.0128. The number of piperidine rings is 1. The molecule has 1 atom stereocenters. The van der Waals surface area contributed by atoms with Crippen LogP contribution in [-0.4, -0.2) is 29.8 Å². The van der Waals surface area contributed by atoms with Crippen LogP contribution >= 0.6 is 0 Å². The van der Waals surface area contributed by atoms with E-state index in [-0.39, 0.29) is 23.8 Å². The summed E-state index contributed by atoms with van der Waals surface area (Å²) in [5, 5.41) is 3.22. The van der Waals surface area contributed by atoms with Crippen LogP contribution in [0.3, 0.4) is 0 Å². The van der Waals surface area contributed by atoms with E-state index < -0.39 is 0 Å². The number of nitrogens with zero attached hydrogens (tertiary/aromatic N) is 1. The molecule has 2 aromatic rings. The number of furan rings is 1. The largest absolute Gasteiger partial charge is 0.472 e. The molecule has 0 saturated carbocycles. The number of hydrogen-bond acceptors (Lipinski definition) is 3. The van der Waals surface area contributed by atoms with Crippen molar-refractivity contribution in [2.24, 2.45) is 5.92 Å². The minimum atomic E-state index is -0.0164. The smallest absolute Gasteiger partial charge is 0.257 e. The first-order valence-corrected chi connectivity index (χ1v) is 8.92. The number of likely N-dealkylation sites (tertiary alicyclic amines) is 1. The van der Waals surface area contributed by atoms with Gasteiger partial charge in [-0.3, -0.25) is 9.59 Å². The van der Waals surface area contributed by atoms with E-state index in [9.17, 15) is 9.59 Å². The number of benzene rings is 1. The Hall–Kier alpha value is -2.56. The van der Waals surface area contributed by atoms with Crippen LogP contribution in [0.5, 0.6) is 0 Å². The molecule has 0 spiro atoms. The highest BCUT2D eigenvalue weighted by molar-refractivity contribution is 5.94. The number of aryl methyl sites for hydroxylation is 1. The summed E-state index contributed by atoms with van der Waals surface area (Å²) in [6, 6.07) is 10.1. The normalized spacial score (nSPS) is 20.3. The average molecular weight is 338 g/mol. The van der Waals surface area contributed by atoms with Crippen molar-refractivity contribution in [1.29, 1.82) is 0 Å². The van der Waals surface area contributed by atoms with Gasteiger partial charge in [0.15, 0.2) is 0 Å². The highest BCUT2D eigenvalue weighted by atomic mass is 16.3. The molecule has 1 aromatic carbocycles. The molecule has 5 heteroatoms. The summed E-state index contributed by atoms with van der Waals surface area (Å²) in [5.74, 6) is 0.0932. The second-order valence-corrected chi connectivity index (χ2v) is 6.88. The highest BCUT2D eigenvalue weighted by Crippen LogP contribution is 2.31. The number of rotatable bonds is 3. The third-order valence-corrected chi connectivity index (χ3v) is 5.37. The van der Waals surface area contributed by atoms with Crippen molar-refractivity contribution in [2.45, 2.75) is 31.7 Å². The van der Waals surface area contributed by atoms with Crippen molar-refractivity contribution >= 4 is 11.8 Å². The first kappa shape index (κ1) is 15.9. The topological polar surface area (TPSA) is 62.6 Å². The van der Waals surface area contributed by atoms with Gasteiger partial charge in [-0.1, -0.05) is 24.3 Å². The molecule has 1 aliphatic carbocycles. The molecule has 2 amide bonds. The molecular formula is C20H22N2O3. The van der Waals surface area contributed by atoms with E-state index in [0.717, 1.165) is 12.8 Å². The Morgan fingerprint density at radius 3 is 2.64 bits per heavy atom. The molecule has 4 rings (SSSR count). The molecule has 0 radical (unpaired) electrons. The molecule has 1 aromatic heterocycles. The van der Waals surface area contributed by atoms with E-state index >= 15 is 0 Å². The van der Waals surface area contributed by atoms with E-state index in [1.54, 1.807) is 11.0 Å². The summed E-state index contributed by atoms with van der Waals surface area (Å²) >= 11 is 0. The van der Waals surface area contributed by atoms with E-state index in [0.29, 0.717) is 31.5 Å². The predicted molar refractivity (Wildman–Crippen MR) is 93.0 cm³/mol. The number of nitrogens with one attached hydrogen (secondary N) is 1. The number of fused-ring (bicyclic) bond motifs is 1. The molecule has 5 nitrogen and oxygen atoms in total. The Bertz CT molecular complexity index is 761. The Morgan fingerprint density at radius 2 is 1.88 bits per heavy atom. The van der Waals surface area contributed by atoms with Crippen LogP contribution in [0, 0.1) is 5.92 Å². The van der Waals surface area contributed by atoms with Crippen LogP contribution in [0.1, 0.15) is 46.8 Å². The second kappa shape index (κ2) is 6.75. The average Bonchev–Trinajstić information content (AvgIpc) is 3.32. The molecular weight excluding hydrogens is 316 g/mol. The van der Waals surface area contributed by atoms with Gasteiger partial charge in [-0.05, 0) is 42.9 Å². The van der Waals surface area contributed by atoms with Crippen LogP contribution in [0.4, 0.5) is 0 Å². The van der Waals surface area contributed by atoms with Crippen LogP contribution in [0.25, 0.3) is 0 Å². The maximum absolute atomic E-state index is 12.6. The van der Waals surface area contributed by atoms with Gasteiger partial charge in [-0.15, -0.1) is 0 Å². The van der Waals surface area contributed by atoms with Gasteiger partial charge in [0.05, 0.1) is 17.9 Å². The van der Waals surface area contributed by atoms with Gasteiger partial charge >= 0.3 is 0 Å². The number of amides is 2. The van der Waals surface area contributed by atoms with Gasteiger partial charge in [0.25, 0.3) is 5.91 Å². The van der Waals surface area contributed by atoms with E-state index in [4.69, 9.17) is 4.42 Å². The lowest BCUT2D eigenvalue weighted by molar-refractivity contribution is -0.127. The lowest BCUT2D eigenvalue weighted by Crippen LogP contribution is -2.43. The highest BCUT2D eigenvalue weighted by Gasteiger charge is 2.31. The van der Waals surface area contributed by atoms with Gasteiger partial charge in [-0.25, -0.2) is 0 Å². The van der Waals surface area contributed by atoms with Crippen molar-refractivity contribution in [1.82, 2.24) is 10.2 Å². The summed E-state index contributed by atoms with van der Waals surface area (Å²) in [7, 11) is 0. The van der Waals surface area contributed by atoms with Gasteiger partial charge < -0.3 is 14.6 Å². The van der Waals surface area contributed by atoms with Crippen molar-refractivity contribution in [2.75, 3.05) is 13.1 Å². The summed E-state index contributed by atoms with van der Waals surface area (Å²) in [6.45, 7) is 1.23. The maximum atomic E-state index is 12.6. The number of carbonyl (C=O) groups is 2. The first-order chi connectivity index (χ1) is 12.2. The molecule has 1 aliphatic heterocycles. The summed E-state index contributed by atoms with van der Waals surface area (Å²) < 4.78 is 4.98. The van der Waals surface area contributed by atoms with Crippen LogP contribution in [-0.2, 0) is 11.2 Å². The molecule has 2 heterocycles. The van der Waals surface area contributed by atoms with Crippen molar-refractivity contribution < 1.29 is 14.0 Å². The fraction of sp³-hybridized carbons (Fsp3) is 0.400. The van der Waals surface area contributed by atoms with E-state index in [1.165, 1.54) is 23.7 Å². The summed E-state index contributed by atoms with van der Waals surface area (Å²) in [6.07, 6.45) is 6.40. The zero-order valence-electron chi connectivity index (χ0n) is 14.1. The van der Waals surface area contributed by atoms with Gasteiger partial charge in [0.1, 0.15) is 6.26 Å². The summed E-state index contributed by atoms with van der Waals surface area (Å²) in [5.41, 5.74) is 3.17. The zero-order valence-corrected chi connectivity index (χ0v) is 14.1. The minimum Gasteiger partial charge on any atom is -0.472 e. The van der Waals surface area contributed by atoms with E-state index in [2.05, 4.69) is 23.5 Å². The fourth-order valence-electron chi connectivity index (χ4n) is 3.91. The molecule has 1 N–H and O–H groups in total. The molecule has 1 unspecified atom stereocenters. The van der Waals surface area contributed by atoms with Crippen LogP contribution in [0.2, 0.25) is 0 Å². The van der Waals surface area contributed by atoms with Gasteiger partial charge in [0.2, 0.25) is 5.91 Å². The maximum Gasteiger partial charge on any atom is 0.257 e. The summed E-state index contributed by atoms with van der Waals surface area (Å²) in [4.78, 5) is 26.8. The Labute approximate surface area is 147 Å². The first-order valence-electron chi connectivity index (χ1n) is 8.92. The van der Waals surface area contributed by atoms with Crippen molar-refractivity contribution in [3.05, 3.63) is 59.5 Å². The molecule has 2 aliphatic rings. The monoisotopic (exact) mass is 338 g/mol. The molecule has 1 saturated heterocycles. The fourth-order valence-corrected chi connectivity index (χ4v) is 3.91. The number of carbonyl (C=O) groups excluding carboxylic acids is 2. The standard InChI is InChI=1S/C20H22N2O3/c23-19(21-18-6-5-14-3-1-2-4-17(14)18)15-7-10-22(11-8-15)20(24)16-9-12-25-13-16/h1-4,9,12-13,15,18H,5-8,10-11H2,(H,21,23). The number of hydrogen-bond donors (Lipinski definition) is 1. The van der Waals surface area contributed by atoms with Crippen LogP contribution in [0.15, 0.2) is 47.3 Å². The molecule has 25 heavy (non-hydrogen) atoms. The zero-order chi connectivity index (χ0) is 17.2. The third kappa shape index (κ3) is 3.18. The van der Waals surface area contributed by atoms with Crippen molar-refractivity contribution in [3.8, 4) is 0 Å². The predicted octanol–water partition coefficient (Wildman–Crippen LogP) is 2.94. The Balaban J connectivity index is 1.32. The van der Waals surface area contributed by atoms with Gasteiger partial charge in [0, 0.05) is 19.0 Å². The quantitative estimate of drug-likeness (QED) is 0.936. The molecule has 1 fully saturated rings. The van der Waals surface area contributed by atoms with Gasteiger partial charge in [-0.2, -0.15) is 0 Å². The molecule has 130 valence electrons.